The van der Waals surface area contributed by atoms with Crippen LogP contribution in [0.5, 0.6) is 0 Å². The van der Waals surface area contributed by atoms with Crippen molar-refractivity contribution >= 4 is 11.6 Å². The van der Waals surface area contributed by atoms with Crippen LogP contribution in [0, 0.1) is 5.41 Å². The van der Waals surface area contributed by atoms with Crippen LogP contribution in [0.2, 0.25) is 0 Å². The third-order valence-electron chi connectivity index (χ3n) is 3.98. The van der Waals surface area contributed by atoms with Crippen LogP contribution in [0.1, 0.15) is 25.7 Å². The summed E-state index contributed by atoms with van der Waals surface area (Å²) < 4.78 is 1.28. The molecule has 0 aliphatic heterocycles. The summed E-state index contributed by atoms with van der Waals surface area (Å²) >= 11 is 0. The van der Waals surface area contributed by atoms with Crippen molar-refractivity contribution in [3.63, 3.8) is 0 Å². The molecule has 0 spiro atoms. The summed E-state index contributed by atoms with van der Waals surface area (Å²) in [6.07, 6.45) is 5.50. The highest BCUT2D eigenvalue weighted by molar-refractivity contribution is 5.75. The van der Waals surface area contributed by atoms with Gasteiger partial charge in [0, 0.05) is 29.9 Å². The highest BCUT2D eigenvalue weighted by atomic mass is 16.3. The fraction of sp³-hybridized carbons (Fsp3) is 0.571. The standard InChI is InChI=1S/C14H21N3O3/c15-11-3-4-13(20)17(7-11)8-12(19)16-9-14(10-18)5-1-2-6-14/h3-4,7,18H,1-2,5-6,8-10,15H2,(H,16,19). The molecule has 2 rings (SSSR count). The predicted molar refractivity (Wildman–Crippen MR) is 76.1 cm³/mol. The molecule has 1 saturated carbocycles. The quantitative estimate of drug-likeness (QED) is 0.712. The van der Waals surface area contributed by atoms with E-state index in [1.54, 1.807) is 0 Å². The Hall–Kier alpha value is -1.82. The number of hydrogen-bond donors (Lipinski definition) is 3. The molecule has 0 atom stereocenters. The fourth-order valence-electron chi connectivity index (χ4n) is 2.69. The first kappa shape index (κ1) is 14.6. The SMILES string of the molecule is Nc1ccc(=O)n(CC(=O)NCC2(CO)CCCC2)c1. The van der Waals surface area contributed by atoms with Gasteiger partial charge in [-0.2, -0.15) is 0 Å². The molecular weight excluding hydrogens is 258 g/mol. The van der Waals surface area contributed by atoms with E-state index in [4.69, 9.17) is 5.73 Å². The van der Waals surface area contributed by atoms with Crippen LogP contribution in [0.25, 0.3) is 0 Å². The minimum absolute atomic E-state index is 0.0502. The van der Waals surface area contributed by atoms with E-state index in [0.29, 0.717) is 12.2 Å². The van der Waals surface area contributed by atoms with Crippen LogP contribution >= 0.6 is 0 Å². The number of amides is 1. The predicted octanol–water partition coefficient (Wildman–Crippen LogP) is 0.0994. The molecule has 110 valence electrons. The number of aliphatic hydroxyl groups excluding tert-OH is 1. The van der Waals surface area contributed by atoms with Gasteiger partial charge in [-0.15, -0.1) is 0 Å². The minimum atomic E-state index is -0.257. The molecule has 4 N–H and O–H groups in total. The largest absolute Gasteiger partial charge is 0.398 e. The van der Waals surface area contributed by atoms with Gasteiger partial charge in [-0.3, -0.25) is 9.59 Å². The number of nitrogens with one attached hydrogen (secondary N) is 1. The molecular formula is C14H21N3O3. The summed E-state index contributed by atoms with van der Waals surface area (Å²) in [5, 5.41) is 12.3. The van der Waals surface area contributed by atoms with Gasteiger partial charge in [0.1, 0.15) is 6.54 Å². The Kier molecular flexibility index (Phi) is 4.44. The van der Waals surface area contributed by atoms with Gasteiger partial charge in [-0.05, 0) is 18.9 Å². The third-order valence-corrected chi connectivity index (χ3v) is 3.98. The van der Waals surface area contributed by atoms with Crippen molar-refractivity contribution in [2.24, 2.45) is 5.41 Å². The lowest BCUT2D eigenvalue weighted by Gasteiger charge is -2.26. The maximum atomic E-state index is 11.9. The zero-order chi connectivity index (χ0) is 14.6. The van der Waals surface area contributed by atoms with E-state index in [-0.39, 0.29) is 30.0 Å². The van der Waals surface area contributed by atoms with Gasteiger partial charge in [-0.25, -0.2) is 0 Å². The molecule has 6 nitrogen and oxygen atoms in total. The van der Waals surface area contributed by atoms with Crippen molar-refractivity contribution < 1.29 is 9.90 Å². The van der Waals surface area contributed by atoms with Gasteiger partial charge < -0.3 is 20.7 Å². The number of carbonyl (C=O) groups is 1. The van der Waals surface area contributed by atoms with Crippen LogP contribution in [-0.4, -0.2) is 28.7 Å². The Bertz CT molecular complexity index is 533. The number of nitrogens with zero attached hydrogens (tertiary/aromatic N) is 1. The summed E-state index contributed by atoms with van der Waals surface area (Å²) in [4.78, 5) is 23.5. The molecule has 1 aromatic heterocycles. The lowest BCUT2D eigenvalue weighted by Crippen LogP contribution is -2.40. The molecule has 1 fully saturated rings. The van der Waals surface area contributed by atoms with E-state index in [0.717, 1.165) is 25.7 Å². The number of nitrogens with two attached hydrogens (primary N) is 1. The van der Waals surface area contributed by atoms with Gasteiger partial charge in [-0.1, -0.05) is 12.8 Å². The molecule has 6 heteroatoms. The summed E-state index contributed by atoms with van der Waals surface area (Å²) in [6.45, 7) is 0.496. The number of carbonyl (C=O) groups excluding carboxylic acids is 1. The van der Waals surface area contributed by atoms with E-state index in [1.165, 1.54) is 22.9 Å². The normalized spacial score (nSPS) is 17.1. The van der Waals surface area contributed by atoms with Crippen LogP contribution in [-0.2, 0) is 11.3 Å². The van der Waals surface area contributed by atoms with Gasteiger partial charge in [0.25, 0.3) is 5.56 Å². The molecule has 1 amide bonds. The van der Waals surface area contributed by atoms with Crippen molar-refractivity contribution in [3.8, 4) is 0 Å². The minimum Gasteiger partial charge on any atom is -0.398 e. The first-order valence-corrected chi connectivity index (χ1v) is 6.88. The second-order valence-electron chi connectivity index (χ2n) is 5.57. The second-order valence-corrected chi connectivity index (χ2v) is 5.57. The van der Waals surface area contributed by atoms with Crippen LogP contribution in [0.3, 0.4) is 0 Å². The number of hydrogen-bond acceptors (Lipinski definition) is 4. The van der Waals surface area contributed by atoms with Crippen LogP contribution in [0.15, 0.2) is 23.1 Å². The topological polar surface area (TPSA) is 97.4 Å². The average Bonchev–Trinajstić information content (AvgIpc) is 2.90. The average molecular weight is 279 g/mol. The molecule has 0 aromatic carbocycles. The molecule has 1 aliphatic carbocycles. The van der Waals surface area contributed by atoms with Crippen molar-refractivity contribution in [2.75, 3.05) is 18.9 Å². The Morgan fingerprint density at radius 3 is 2.75 bits per heavy atom. The number of anilines is 1. The fourth-order valence-corrected chi connectivity index (χ4v) is 2.69. The summed E-state index contributed by atoms with van der Waals surface area (Å²) in [5.41, 5.74) is 5.60. The number of rotatable bonds is 5. The Labute approximate surface area is 117 Å². The molecule has 0 saturated heterocycles. The highest BCUT2D eigenvalue weighted by Gasteiger charge is 2.33. The van der Waals surface area contributed by atoms with Crippen molar-refractivity contribution in [1.82, 2.24) is 9.88 Å². The monoisotopic (exact) mass is 279 g/mol. The number of aromatic nitrogens is 1. The van der Waals surface area contributed by atoms with E-state index >= 15 is 0 Å². The maximum Gasteiger partial charge on any atom is 0.251 e. The number of pyridine rings is 1. The smallest absolute Gasteiger partial charge is 0.251 e. The van der Waals surface area contributed by atoms with Crippen LogP contribution in [0.4, 0.5) is 5.69 Å². The molecule has 0 unspecified atom stereocenters. The molecule has 0 bridgehead atoms. The van der Waals surface area contributed by atoms with Gasteiger partial charge in [0.2, 0.25) is 5.91 Å². The first-order chi connectivity index (χ1) is 9.54. The Balaban J connectivity index is 1.92. The molecule has 0 radical (unpaired) electrons. The Morgan fingerprint density at radius 1 is 1.40 bits per heavy atom. The van der Waals surface area contributed by atoms with Gasteiger partial charge >= 0.3 is 0 Å². The lowest BCUT2D eigenvalue weighted by atomic mass is 9.87. The third kappa shape index (κ3) is 3.39. The summed E-state index contributed by atoms with van der Waals surface area (Å²) in [5.74, 6) is -0.238. The van der Waals surface area contributed by atoms with Crippen LogP contribution < -0.4 is 16.6 Å². The zero-order valence-electron chi connectivity index (χ0n) is 11.5. The number of aliphatic hydroxyl groups is 1. The maximum absolute atomic E-state index is 11.9. The van der Waals surface area contributed by atoms with Gasteiger partial charge in [0.15, 0.2) is 0 Å². The van der Waals surface area contributed by atoms with Gasteiger partial charge in [0.05, 0.1) is 6.61 Å². The molecule has 1 aliphatic rings. The Morgan fingerprint density at radius 2 is 2.10 bits per heavy atom. The molecule has 1 aromatic rings. The van der Waals surface area contributed by atoms with E-state index < -0.39 is 0 Å². The van der Waals surface area contributed by atoms with E-state index in [2.05, 4.69) is 5.32 Å². The van der Waals surface area contributed by atoms with E-state index in [1.807, 2.05) is 0 Å². The molecule has 20 heavy (non-hydrogen) atoms. The molecule has 1 heterocycles. The first-order valence-electron chi connectivity index (χ1n) is 6.88. The van der Waals surface area contributed by atoms with Crippen molar-refractivity contribution in [3.05, 3.63) is 28.7 Å². The summed E-state index contributed by atoms with van der Waals surface area (Å²) in [6, 6.07) is 2.85. The lowest BCUT2D eigenvalue weighted by molar-refractivity contribution is -0.122. The second kappa shape index (κ2) is 6.09. The van der Waals surface area contributed by atoms with E-state index in [9.17, 15) is 14.7 Å². The summed E-state index contributed by atoms with van der Waals surface area (Å²) in [7, 11) is 0. The highest BCUT2D eigenvalue weighted by Crippen LogP contribution is 2.36. The number of nitrogen functional groups attached to an aromatic ring is 1. The zero-order valence-corrected chi connectivity index (χ0v) is 11.5. The van der Waals surface area contributed by atoms with Crippen molar-refractivity contribution in [2.45, 2.75) is 32.2 Å². The van der Waals surface area contributed by atoms with Crippen molar-refractivity contribution in [1.29, 1.82) is 0 Å².